The van der Waals surface area contributed by atoms with Crippen molar-refractivity contribution in [3.05, 3.63) is 71.4 Å². The number of amides is 4. The van der Waals surface area contributed by atoms with Gasteiger partial charge in [0.05, 0.1) is 42.1 Å². The predicted octanol–water partition coefficient (Wildman–Crippen LogP) is 6.61. The Hall–Kier alpha value is -5.84. The fraction of sp³-hybridized carbons (Fsp3) is 0.488. The standard InChI is InChI=1S/C43H54N8O6/c1-25(2)35(48-41(54)56-8)39(52)50-21-9-11-33(50)37-44-24-32(47-37)29-18-15-27(16-19-29)13-14-28-17-20-30-31(23-28)46-38(45-30)34-12-10-22-51(34)40(53)36(26(3)4)49-42(55)57-43(5,6)7/h15-20,23-26,33-36H,9-12,21-22H2,1-8H3,(H,44,47)(H,45,46)(H,48,54)(H,49,55)/t33-,34-,35+,36+/m0/s1. The van der Waals surface area contributed by atoms with Gasteiger partial charge in [0.1, 0.15) is 29.3 Å². The highest BCUT2D eigenvalue weighted by Gasteiger charge is 2.39. The van der Waals surface area contributed by atoms with E-state index in [-0.39, 0.29) is 35.7 Å². The summed E-state index contributed by atoms with van der Waals surface area (Å²) in [5.41, 5.74) is 4.37. The molecule has 2 aromatic carbocycles. The number of carbonyl (C=O) groups excluding carboxylic acids is 4. The van der Waals surface area contributed by atoms with Gasteiger partial charge in [-0.3, -0.25) is 9.59 Å². The van der Waals surface area contributed by atoms with E-state index in [4.69, 9.17) is 14.5 Å². The lowest BCUT2D eigenvalue weighted by Crippen LogP contribution is -2.52. The molecule has 0 unspecified atom stereocenters. The second-order valence-corrected chi connectivity index (χ2v) is 16.5. The summed E-state index contributed by atoms with van der Waals surface area (Å²) >= 11 is 0. The number of ether oxygens (including phenoxy) is 2. The van der Waals surface area contributed by atoms with Crippen LogP contribution in [0.1, 0.15) is 109 Å². The monoisotopic (exact) mass is 778 g/mol. The molecule has 4 atom stereocenters. The first-order valence-electron chi connectivity index (χ1n) is 19.7. The Bertz CT molecular complexity index is 2150. The molecule has 14 nitrogen and oxygen atoms in total. The number of rotatable bonds is 9. The van der Waals surface area contributed by atoms with Crippen LogP contribution in [0.15, 0.2) is 48.7 Å². The molecule has 6 rings (SSSR count). The molecule has 0 saturated carbocycles. The van der Waals surface area contributed by atoms with Gasteiger partial charge >= 0.3 is 12.2 Å². The molecule has 57 heavy (non-hydrogen) atoms. The molecule has 4 heterocycles. The number of methoxy groups -OCH3 is 1. The number of fused-ring (bicyclic) bond motifs is 1. The lowest BCUT2D eigenvalue weighted by Gasteiger charge is -2.31. The van der Waals surface area contributed by atoms with Crippen molar-refractivity contribution in [3.63, 3.8) is 0 Å². The number of hydrogen-bond acceptors (Lipinski definition) is 8. The molecule has 0 bridgehead atoms. The van der Waals surface area contributed by atoms with Gasteiger partial charge in [-0.1, -0.05) is 51.7 Å². The second-order valence-electron chi connectivity index (χ2n) is 16.5. The average molecular weight is 779 g/mol. The Morgan fingerprint density at radius 1 is 0.789 bits per heavy atom. The number of hydrogen-bond donors (Lipinski definition) is 4. The molecule has 4 aromatic rings. The molecular weight excluding hydrogens is 725 g/mol. The molecule has 2 aliphatic heterocycles. The maximum Gasteiger partial charge on any atom is 0.408 e. The highest BCUT2D eigenvalue weighted by Crippen LogP contribution is 2.34. The minimum absolute atomic E-state index is 0.110. The van der Waals surface area contributed by atoms with Crippen molar-refractivity contribution in [1.82, 2.24) is 40.4 Å². The van der Waals surface area contributed by atoms with Gasteiger partial charge in [0, 0.05) is 24.2 Å². The van der Waals surface area contributed by atoms with Crippen LogP contribution in [0.3, 0.4) is 0 Å². The highest BCUT2D eigenvalue weighted by molar-refractivity contribution is 5.87. The Kier molecular flexibility index (Phi) is 12.3. The van der Waals surface area contributed by atoms with E-state index < -0.39 is 29.9 Å². The van der Waals surface area contributed by atoms with Crippen LogP contribution in [-0.4, -0.2) is 91.6 Å². The van der Waals surface area contributed by atoms with E-state index in [0.29, 0.717) is 24.7 Å². The maximum atomic E-state index is 13.8. The smallest absolute Gasteiger partial charge is 0.408 e. The first kappa shape index (κ1) is 40.8. The van der Waals surface area contributed by atoms with Crippen molar-refractivity contribution >= 4 is 35.0 Å². The SMILES string of the molecule is COC(=O)N[C@@H](C(=O)N1CCC[C@H]1c1ncc(-c2ccc(C#Cc3ccc4nc([C@@H]5CCCN5C(=O)[C@H](NC(=O)OC(C)(C)C)C(C)C)[nH]c4c3)cc2)[nH]1)C(C)C. The molecule has 14 heteroatoms. The van der Waals surface area contributed by atoms with Gasteiger partial charge in [-0.05, 0) is 94.2 Å². The van der Waals surface area contributed by atoms with Gasteiger partial charge in [-0.25, -0.2) is 19.6 Å². The number of aromatic amines is 2. The van der Waals surface area contributed by atoms with Crippen molar-refractivity contribution in [2.24, 2.45) is 11.8 Å². The van der Waals surface area contributed by atoms with Crippen LogP contribution < -0.4 is 10.6 Å². The van der Waals surface area contributed by atoms with Crippen LogP contribution in [0, 0.1) is 23.7 Å². The number of alkyl carbamates (subject to hydrolysis) is 2. The van der Waals surface area contributed by atoms with Crippen molar-refractivity contribution in [1.29, 1.82) is 0 Å². The zero-order valence-corrected chi connectivity index (χ0v) is 34.1. The van der Waals surface area contributed by atoms with Crippen LogP contribution in [0.2, 0.25) is 0 Å². The Morgan fingerprint density at radius 3 is 1.93 bits per heavy atom. The van der Waals surface area contributed by atoms with E-state index >= 15 is 0 Å². The summed E-state index contributed by atoms with van der Waals surface area (Å²) in [4.78, 5) is 71.8. The number of likely N-dealkylation sites (tertiary alicyclic amines) is 2. The fourth-order valence-corrected chi connectivity index (χ4v) is 7.43. The van der Waals surface area contributed by atoms with Crippen LogP contribution in [0.5, 0.6) is 0 Å². The number of imidazole rings is 2. The van der Waals surface area contributed by atoms with E-state index in [1.165, 1.54) is 7.11 Å². The van der Waals surface area contributed by atoms with Gasteiger partial charge in [0.15, 0.2) is 0 Å². The third kappa shape index (κ3) is 9.59. The molecular formula is C43H54N8O6. The summed E-state index contributed by atoms with van der Waals surface area (Å²) in [5.74, 6) is 7.39. The van der Waals surface area contributed by atoms with Crippen molar-refractivity contribution in [2.45, 2.75) is 104 Å². The van der Waals surface area contributed by atoms with Crippen molar-refractivity contribution in [2.75, 3.05) is 20.2 Å². The third-order valence-corrected chi connectivity index (χ3v) is 10.3. The zero-order chi connectivity index (χ0) is 41.0. The van der Waals surface area contributed by atoms with E-state index in [1.807, 2.05) is 75.1 Å². The van der Waals surface area contributed by atoms with Gasteiger partial charge in [0.2, 0.25) is 11.8 Å². The molecule has 4 amide bonds. The molecule has 4 N–H and O–H groups in total. The highest BCUT2D eigenvalue weighted by atomic mass is 16.6. The van der Waals surface area contributed by atoms with Crippen molar-refractivity contribution in [3.8, 4) is 23.1 Å². The largest absolute Gasteiger partial charge is 0.453 e. The maximum absolute atomic E-state index is 13.8. The summed E-state index contributed by atoms with van der Waals surface area (Å²) in [7, 11) is 1.28. The fourth-order valence-electron chi connectivity index (χ4n) is 7.43. The van der Waals surface area contributed by atoms with Crippen LogP contribution in [-0.2, 0) is 19.1 Å². The van der Waals surface area contributed by atoms with Gasteiger partial charge < -0.3 is 39.9 Å². The molecule has 2 aromatic heterocycles. The molecule has 0 spiro atoms. The number of aromatic nitrogens is 4. The molecule has 2 fully saturated rings. The number of nitrogens with one attached hydrogen (secondary N) is 4. The Labute approximate surface area is 333 Å². The molecule has 0 aliphatic carbocycles. The van der Waals surface area contributed by atoms with Crippen LogP contribution in [0.4, 0.5) is 9.59 Å². The summed E-state index contributed by atoms with van der Waals surface area (Å²) in [6.45, 7) is 14.1. The van der Waals surface area contributed by atoms with Gasteiger partial charge in [-0.15, -0.1) is 0 Å². The number of nitrogens with zero attached hydrogens (tertiary/aromatic N) is 4. The summed E-state index contributed by atoms with van der Waals surface area (Å²) in [5, 5.41) is 5.48. The van der Waals surface area contributed by atoms with Crippen LogP contribution in [0.25, 0.3) is 22.3 Å². The lowest BCUT2D eigenvalue weighted by molar-refractivity contribution is -0.136. The first-order valence-corrected chi connectivity index (χ1v) is 19.7. The van der Waals surface area contributed by atoms with E-state index in [9.17, 15) is 19.2 Å². The molecule has 0 radical (unpaired) electrons. The van der Waals surface area contributed by atoms with Crippen LogP contribution >= 0.6 is 0 Å². The average Bonchev–Trinajstić information content (AvgIpc) is 3.99. The molecule has 2 aliphatic rings. The zero-order valence-electron chi connectivity index (χ0n) is 34.1. The van der Waals surface area contributed by atoms with Crippen molar-refractivity contribution < 1.29 is 28.7 Å². The minimum atomic E-state index is -0.722. The Balaban J connectivity index is 1.11. The topological polar surface area (TPSA) is 175 Å². The Morgan fingerprint density at radius 2 is 1.35 bits per heavy atom. The number of benzene rings is 2. The third-order valence-electron chi connectivity index (χ3n) is 10.3. The second kappa shape index (κ2) is 17.1. The van der Waals surface area contributed by atoms with E-state index in [0.717, 1.165) is 59.1 Å². The quantitative estimate of drug-likeness (QED) is 0.137. The van der Waals surface area contributed by atoms with Gasteiger partial charge in [-0.2, -0.15) is 0 Å². The predicted molar refractivity (Wildman–Crippen MR) is 216 cm³/mol. The number of H-pyrrole nitrogens is 2. The lowest BCUT2D eigenvalue weighted by atomic mass is 10.0. The summed E-state index contributed by atoms with van der Waals surface area (Å²) in [6, 6.07) is 11.8. The summed E-state index contributed by atoms with van der Waals surface area (Å²) in [6.07, 6.45) is 3.75. The van der Waals surface area contributed by atoms with E-state index in [2.05, 4.69) is 37.4 Å². The number of carbonyl (C=O) groups is 4. The summed E-state index contributed by atoms with van der Waals surface area (Å²) < 4.78 is 10.2. The molecule has 302 valence electrons. The molecule has 2 saturated heterocycles. The van der Waals surface area contributed by atoms with E-state index in [1.54, 1.807) is 31.9 Å². The first-order chi connectivity index (χ1) is 27.1. The minimum Gasteiger partial charge on any atom is -0.453 e. The van der Waals surface area contributed by atoms with Gasteiger partial charge in [0.25, 0.3) is 0 Å². The normalized spacial score (nSPS) is 18.0.